The number of nitrogens with zero attached hydrogens (tertiary/aromatic N) is 1. The summed E-state index contributed by atoms with van der Waals surface area (Å²) in [4.78, 5) is 27.4. The van der Waals surface area contributed by atoms with E-state index in [0.717, 1.165) is 30.7 Å². The largest absolute Gasteiger partial charge is 0.354 e. The van der Waals surface area contributed by atoms with Crippen LogP contribution in [0.5, 0.6) is 0 Å². The van der Waals surface area contributed by atoms with E-state index >= 15 is 0 Å². The second-order valence-corrected chi connectivity index (χ2v) is 7.78. The Morgan fingerprint density at radius 3 is 2.77 bits per heavy atom. The van der Waals surface area contributed by atoms with Crippen LogP contribution in [0.3, 0.4) is 0 Å². The number of thioether (sulfide) groups is 1. The third kappa shape index (κ3) is 6.29. The number of likely N-dealkylation sites (tertiary alicyclic amines) is 1. The van der Waals surface area contributed by atoms with E-state index in [1.165, 1.54) is 12.1 Å². The van der Waals surface area contributed by atoms with Crippen molar-refractivity contribution in [3.05, 3.63) is 30.1 Å². The van der Waals surface area contributed by atoms with Gasteiger partial charge in [0.25, 0.3) is 0 Å². The lowest BCUT2D eigenvalue weighted by atomic mass is 10.00. The molecule has 0 bridgehead atoms. The van der Waals surface area contributed by atoms with Crippen molar-refractivity contribution < 1.29 is 14.0 Å². The van der Waals surface area contributed by atoms with Gasteiger partial charge in [0, 0.05) is 48.7 Å². The number of piperidine rings is 1. The van der Waals surface area contributed by atoms with Crippen LogP contribution in [0.2, 0.25) is 0 Å². The molecule has 2 unspecified atom stereocenters. The van der Waals surface area contributed by atoms with Gasteiger partial charge in [-0.1, -0.05) is 6.92 Å². The van der Waals surface area contributed by atoms with Crippen molar-refractivity contribution in [3.63, 3.8) is 0 Å². The standard InChI is InChI=1S/C19H28FN3O2S/c1-14(13-26-17-7-5-15(20)6-8-17)19(25)23-11-3-2-4-16(23)12-22-18(24)9-10-21/h5-8,14,16H,2-4,9-13,21H2,1H3,(H,22,24). The molecule has 1 aliphatic rings. The van der Waals surface area contributed by atoms with E-state index in [1.807, 2.05) is 11.8 Å². The molecule has 1 saturated heterocycles. The summed E-state index contributed by atoms with van der Waals surface area (Å²) in [6, 6.07) is 6.37. The zero-order chi connectivity index (χ0) is 18.9. The summed E-state index contributed by atoms with van der Waals surface area (Å²) in [7, 11) is 0. The van der Waals surface area contributed by atoms with Crippen LogP contribution in [-0.2, 0) is 9.59 Å². The highest BCUT2D eigenvalue weighted by Crippen LogP contribution is 2.24. The third-order valence-corrected chi connectivity index (χ3v) is 5.82. The molecule has 1 aliphatic heterocycles. The number of rotatable bonds is 8. The first-order chi connectivity index (χ1) is 12.5. The number of halogens is 1. The van der Waals surface area contributed by atoms with Gasteiger partial charge in [0.05, 0.1) is 0 Å². The first-order valence-corrected chi connectivity index (χ1v) is 10.2. The van der Waals surface area contributed by atoms with Crippen molar-refractivity contribution in [3.8, 4) is 0 Å². The molecule has 0 radical (unpaired) electrons. The minimum absolute atomic E-state index is 0.0521. The summed E-state index contributed by atoms with van der Waals surface area (Å²) in [6.07, 6.45) is 3.29. The molecule has 1 fully saturated rings. The molecule has 7 heteroatoms. The normalized spacial score (nSPS) is 18.4. The predicted octanol–water partition coefficient (Wildman–Crippen LogP) is 2.40. The maximum absolute atomic E-state index is 13.0. The molecular formula is C19H28FN3O2S. The number of carbonyl (C=O) groups is 2. The van der Waals surface area contributed by atoms with E-state index in [2.05, 4.69) is 5.32 Å². The molecule has 2 rings (SSSR count). The van der Waals surface area contributed by atoms with Gasteiger partial charge in [0.2, 0.25) is 11.8 Å². The number of nitrogens with one attached hydrogen (secondary N) is 1. The Hall–Kier alpha value is -1.60. The van der Waals surface area contributed by atoms with Crippen molar-refractivity contribution in [2.75, 3.05) is 25.4 Å². The molecule has 2 atom stereocenters. The third-order valence-electron chi connectivity index (χ3n) is 4.55. The fourth-order valence-electron chi connectivity index (χ4n) is 3.06. The Bertz CT molecular complexity index is 597. The van der Waals surface area contributed by atoms with E-state index in [0.29, 0.717) is 25.3 Å². The van der Waals surface area contributed by atoms with Crippen LogP contribution in [0, 0.1) is 11.7 Å². The zero-order valence-corrected chi connectivity index (χ0v) is 16.1. The van der Waals surface area contributed by atoms with E-state index in [-0.39, 0.29) is 29.6 Å². The van der Waals surface area contributed by atoms with E-state index in [4.69, 9.17) is 5.73 Å². The molecule has 26 heavy (non-hydrogen) atoms. The Balaban J connectivity index is 1.87. The molecule has 5 nitrogen and oxygen atoms in total. The fourth-order valence-corrected chi connectivity index (χ4v) is 3.97. The van der Waals surface area contributed by atoms with Gasteiger partial charge in [0.15, 0.2) is 0 Å². The molecule has 1 heterocycles. The van der Waals surface area contributed by atoms with Crippen LogP contribution in [0.1, 0.15) is 32.6 Å². The van der Waals surface area contributed by atoms with Crippen molar-refractivity contribution in [2.24, 2.45) is 11.7 Å². The minimum atomic E-state index is -0.258. The summed E-state index contributed by atoms with van der Waals surface area (Å²) in [5, 5.41) is 2.89. The molecule has 0 spiro atoms. The van der Waals surface area contributed by atoms with Crippen LogP contribution >= 0.6 is 11.8 Å². The van der Waals surface area contributed by atoms with Crippen LogP contribution in [0.4, 0.5) is 4.39 Å². The molecular weight excluding hydrogens is 353 g/mol. The number of benzene rings is 1. The highest BCUT2D eigenvalue weighted by molar-refractivity contribution is 7.99. The number of amides is 2. The monoisotopic (exact) mass is 381 g/mol. The number of nitrogens with two attached hydrogens (primary N) is 1. The highest BCUT2D eigenvalue weighted by Gasteiger charge is 2.29. The zero-order valence-electron chi connectivity index (χ0n) is 15.2. The van der Waals surface area contributed by atoms with Crippen molar-refractivity contribution in [2.45, 2.75) is 43.5 Å². The predicted molar refractivity (Wildman–Crippen MR) is 102 cm³/mol. The average Bonchev–Trinajstić information content (AvgIpc) is 2.65. The Morgan fingerprint density at radius 2 is 2.08 bits per heavy atom. The SMILES string of the molecule is CC(CSc1ccc(F)cc1)C(=O)N1CCCCC1CNC(=O)CCN. The van der Waals surface area contributed by atoms with Gasteiger partial charge >= 0.3 is 0 Å². The minimum Gasteiger partial charge on any atom is -0.354 e. The summed E-state index contributed by atoms with van der Waals surface area (Å²) in [5.74, 6) is 0.312. The molecule has 1 aromatic rings. The lowest BCUT2D eigenvalue weighted by Gasteiger charge is -2.37. The topological polar surface area (TPSA) is 75.4 Å². The molecule has 1 aromatic carbocycles. The van der Waals surface area contributed by atoms with Crippen LogP contribution in [0.25, 0.3) is 0 Å². The van der Waals surface area contributed by atoms with Crippen LogP contribution < -0.4 is 11.1 Å². The molecule has 0 saturated carbocycles. The first-order valence-electron chi connectivity index (χ1n) is 9.17. The molecule has 0 aromatic heterocycles. The van der Waals surface area contributed by atoms with Gasteiger partial charge in [-0.25, -0.2) is 4.39 Å². The molecule has 144 valence electrons. The number of carbonyl (C=O) groups excluding carboxylic acids is 2. The number of hydrogen-bond donors (Lipinski definition) is 2. The molecule has 2 amide bonds. The van der Waals surface area contributed by atoms with E-state index < -0.39 is 0 Å². The van der Waals surface area contributed by atoms with Crippen LogP contribution in [-0.4, -0.2) is 48.1 Å². The number of hydrogen-bond acceptors (Lipinski definition) is 4. The maximum Gasteiger partial charge on any atom is 0.226 e. The van der Waals surface area contributed by atoms with E-state index in [1.54, 1.807) is 23.9 Å². The Kier molecular flexibility index (Phi) is 8.38. The quantitative estimate of drug-likeness (QED) is 0.678. The van der Waals surface area contributed by atoms with Crippen molar-refractivity contribution in [1.29, 1.82) is 0 Å². The second kappa shape index (κ2) is 10.5. The van der Waals surface area contributed by atoms with Gasteiger partial charge in [-0.3, -0.25) is 9.59 Å². The average molecular weight is 382 g/mol. The van der Waals surface area contributed by atoms with Gasteiger partial charge in [-0.2, -0.15) is 0 Å². The molecule has 0 aliphatic carbocycles. The van der Waals surface area contributed by atoms with Gasteiger partial charge in [-0.15, -0.1) is 11.8 Å². The maximum atomic E-state index is 13.0. The summed E-state index contributed by atoms with van der Waals surface area (Å²) in [6.45, 7) is 3.48. The van der Waals surface area contributed by atoms with Crippen molar-refractivity contribution >= 4 is 23.6 Å². The summed E-state index contributed by atoms with van der Waals surface area (Å²) in [5.41, 5.74) is 5.39. The molecule has 3 N–H and O–H groups in total. The fraction of sp³-hybridized carbons (Fsp3) is 0.579. The van der Waals surface area contributed by atoms with Gasteiger partial charge in [-0.05, 0) is 43.5 Å². The lowest BCUT2D eigenvalue weighted by Crippen LogP contribution is -2.51. The first kappa shape index (κ1) is 20.7. The van der Waals surface area contributed by atoms with Gasteiger partial charge < -0.3 is 16.0 Å². The highest BCUT2D eigenvalue weighted by atomic mass is 32.2. The lowest BCUT2D eigenvalue weighted by molar-refractivity contribution is -0.138. The summed E-state index contributed by atoms with van der Waals surface area (Å²) >= 11 is 1.56. The second-order valence-electron chi connectivity index (χ2n) is 6.69. The Labute approximate surface area is 158 Å². The summed E-state index contributed by atoms with van der Waals surface area (Å²) < 4.78 is 13.0. The van der Waals surface area contributed by atoms with Crippen molar-refractivity contribution in [1.82, 2.24) is 10.2 Å². The smallest absolute Gasteiger partial charge is 0.226 e. The van der Waals surface area contributed by atoms with Crippen LogP contribution in [0.15, 0.2) is 29.2 Å². The Morgan fingerprint density at radius 1 is 1.35 bits per heavy atom. The van der Waals surface area contributed by atoms with Gasteiger partial charge in [0.1, 0.15) is 5.82 Å². The van der Waals surface area contributed by atoms with E-state index in [9.17, 15) is 14.0 Å².